The van der Waals surface area contributed by atoms with E-state index in [1.54, 1.807) is 25.1 Å². The second kappa shape index (κ2) is 9.31. The molecule has 0 aliphatic carbocycles. The molecule has 0 unspecified atom stereocenters. The third-order valence-corrected chi connectivity index (χ3v) is 4.08. The van der Waals surface area contributed by atoms with Crippen LogP contribution in [0, 0.1) is 17.2 Å². The molecule has 0 aromatic rings. The van der Waals surface area contributed by atoms with Crippen molar-refractivity contribution >= 4 is 11.8 Å². The van der Waals surface area contributed by atoms with Gasteiger partial charge in [-0.2, -0.15) is 5.26 Å². The molecule has 2 atom stereocenters. The van der Waals surface area contributed by atoms with E-state index in [1.165, 1.54) is 0 Å². The summed E-state index contributed by atoms with van der Waals surface area (Å²) in [4.78, 5) is 26.0. The zero-order valence-electron chi connectivity index (χ0n) is 14.5. The first kappa shape index (κ1) is 19.2. The molecule has 0 aromatic carbocycles. The summed E-state index contributed by atoms with van der Waals surface area (Å²) in [5, 5.41) is 11.9. The van der Waals surface area contributed by atoms with E-state index in [-0.39, 0.29) is 35.5 Å². The number of carbonyl (C=O) groups excluding carboxylic acids is 2. The van der Waals surface area contributed by atoms with Crippen LogP contribution in [0.2, 0.25) is 0 Å². The number of nitrogens with zero attached hydrogens (tertiary/aromatic N) is 2. The Labute approximate surface area is 138 Å². The summed E-state index contributed by atoms with van der Waals surface area (Å²) in [7, 11) is 3.22. The van der Waals surface area contributed by atoms with Gasteiger partial charge in [0.1, 0.15) is 11.6 Å². The fourth-order valence-electron chi connectivity index (χ4n) is 2.94. The van der Waals surface area contributed by atoms with Gasteiger partial charge in [-0.05, 0) is 25.2 Å². The van der Waals surface area contributed by atoms with E-state index in [0.29, 0.717) is 19.4 Å². The van der Waals surface area contributed by atoms with Gasteiger partial charge in [0, 0.05) is 27.1 Å². The molecule has 0 saturated carbocycles. The zero-order chi connectivity index (χ0) is 17.4. The van der Waals surface area contributed by atoms with Crippen molar-refractivity contribution < 1.29 is 14.3 Å². The van der Waals surface area contributed by atoms with E-state index in [0.717, 1.165) is 12.8 Å². The first-order valence-corrected chi connectivity index (χ1v) is 8.10. The number of methoxy groups -OCH3 is 1. The van der Waals surface area contributed by atoms with Gasteiger partial charge in [0.05, 0.1) is 12.1 Å². The van der Waals surface area contributed by atoms with Gasteiger partial charge in [-0.25, -0.2) is 0 Å². The van der Waals surface area contributed by atoms with Gasteiger partial charge in [-0.3, -0.25) is 9.59 Å². The highest BCUT2D eigenvalue weighted by Gasteiger charge is 2.35. The van der Waals surface area contributed by atoms with Gasteiger partial charge in [-0.15, -0.1) is 0 Å². The molecule has 0 spiro atoms. The number of piperidine rings is 1. The Bertz CT molecular complexity index is 494. The van der Waals surface area contributed by atoms with E-state index in [9.17, 15) is 14.9 Å². The molecule has 2 amide bonds. The monoisotopic (exact) mass is 321 g/mol. The minimum atomic E-state index is -0.259. The number of hydrogen-bond donors (Lipinski definition) is 1. The van der Waals surface area contributed by atoms with Crippen LogP contribution in [0.5, 0.6) is 0 Å². The first-order valence-electron chi connectivity index (χ1n) is 8.10. The smallest absolute Gasteiger partial charge is 0.264 e. The minimum absolute atomic E-state index is 0.0592. The topological polar surface area (TPSA) is 82.4 Å². The number of allylic oxidation sites excluding steroid dienone is 1. The largest absolute Gasteiger partial charge is 0.379 e. The molecule has 23 heavy (non-hydrogen) atoms. The summed E-state index contributed by atoms with van der Waals surface area (Å²) in [6, 6.07) is 1.83. The highest BCUT2D eigenvalue weighted by atomic mass is 16.5. The third-order valence-electron chi connectivity index (χ3n) is 4.08. The average molecular weight is 321 g/mol. The van der Waals surface area contributed by atoms with Crippen molar-refractivity contribution in [2.24, 2.45) is 5.92 Å². The molecule has 1 N–H and O–H groups in total. The van der Waals surface area contributed by atoms with Gasteiger partial charge in [0.2, 0.25) is 5.91 Å². The maximum atomic E-state index is 12.7. The van der Waals surface area contributed by atoms with Crippen LogP contribution in [-0.2, 0) is 14.3 Å². The Balaban J connectivity index is 2.96. The lowest BCUT2D eigenvalue weighted by Gasteiger charge is -2.40. The summed E-state index contributed by atoms with van der Waals surface area (Å²) in [6.07, 6.45) is 4.14. The van der Waals surface area contributed by atoms with Gasteiger partial charge >= 0.3 is 0 Å². The van der Waals surface area contributed by atoms with Crippen LogP contribution in [0.4, 0.5) is 0 Å². The van der Waals surface area contributed by atoms with Crippen molar-refractivity contribution in [2.45, 2.75) is 51.7 Å². The number of nitrogens with one attached hydrogen (secondary N) is 1. The molecule has 1 heterocycles. The average Bonchev–Trinajstić information content (AvgIpc) is 2.56. The Kier molecular flexibility index (Phi) is 7.76. The maximum absolute atomic E-state index is 12.7. The Morgan fingerprint density at radius 2 is 2.17 bits per heavy atom. The zero-order valence-corrected chi connectivity index (χ0v) is 14.5. The molecule has 0 radical (unpaired) electrons. The van der Waals surface area contributed by atoms with E-state index >= 15 is 0 Å². The molecule has 6 heteroatoms. The minimum Gasteiger partial charge on any atom is -0.379 e. The molecule has 1 aliphatic heterocycles. The summed E-state index contributed by atoms with van der Waals surface area (Å²) in [5.74, 6) is -0.193. The fourth-order valence-corrected chi connectivity index (χ4v) is 2.94. The summed E-state index contributed by atoms with van der Waals surface area (Å²) in [6.45, 7) is 4.46. The number of likely N-dealkylation sites (tertiary alicyclic amines) is 1. The SMILES string of the molecule is CNC(=O)CC[C@H]1[C@@H](OC)CCCN1C(=O)/C(C#N)=C/C(C)C. The summed E-state index contributed by atoms with van der Waals surface area (Å²) in [5.41, 5.74) is 0.168. The molecule has 1 saturated heterocycles. The van der Waals surface area contributed by atoms with Crippen LogP contribution in [0.15, 0.2) is 11.6 Å². The molecule has 1 aliphatic rings. The van der Waals surface area contributed by atoms with Gasteiger partial charge < -0.3 is 15.0 Å². The lowest BCUT2D eigenvalue weighted by Crippen LogP contribution is -2.52. The quantitative estimate of drug-likeness (QED) is 0.595. The number of ether oxygens (including phenoxy) is 1. The molecular weight excluding hydrogens is 294 g/mol. The lowest BCUT2D eigenvalue weighted by atomic mass is 9.93. The predicted molar refractivity (Wildman–Crippen MR) is 87.4 cm³/mol. The number of rotatable bonds is 6. The Morgan fingerprint density at radius 3 is 2.70 bits per heavy atom. The van der Waals surface area contributed by atoms with E-state index in [1.807, 2.05) is 19.9 Å². The molecule has 0 aromatic heterocycles. The fraction of sp³-hybridized carbons (Fsp3) is 0.706. The van der Waals surface area contributed by atoms with Crippen molar-refractivity contribution in [1.29, 1.82) is 5.26 Å². The van der Waals surface area contributed by atoms with Crippen LogP contribution in [0.3, 0.4) is 0 Å². The van der Waals surface area contributed by atoms with E-state index in [2.05, 4.69) is 5.32 Å². The molecule has 1 rings (SSSR count). The third kappa shape index (κ3) is 5.36. The molecular formula is C17H27N3O3. The molecule has 128 valence electrons. The van der Waals surface area contributed by atoms with Crippen molar-refractivity contribution in [3.05, 3.63) is 11.6 Å². The Hall–Kier alpha value is -1.87. The number of hydrogen-bond acceptors (Lipinski definition) is 4. The van der Waals surface area contributed by atoms with Crippen LogP contribution in [-0.4, -0.2) is 49.6 Å². The van der Waals surface area contributed by atoms with Crippen LogP contribution < -0.4 is 5.32 Å². The number of amides is 2. The predicted octanol–water partition coefficient (Wildman–Crippen LogP) is 1.62. The van der Waals surface area contributed by atoms with Gasteiger partial charge in [0.25, 0.3) is 5.91 Å². The standard InChI is InChI=1S/C17H27N3O3/c1-12(2)10-13(11-18)17(22)20-9-5-6-15(23-4)14(20)7-8-16(21)19-3/h10,12,14-15H,5-9H2,1-4H3,(H,19,21)/b13-10+/t14-,15-/m0/s1. The molecule has 6 nitrogen and oxygen atoms in total. The van der Waals surface area contributed by atoms with Crippen molar-refractivity contribution in [3.63, 3.8) is 0 Å². The van der Waals surface area contributed by atoms with Crippen LogP contribution in [0.1, 0.15) is 39.5 Å². The number of nitriles is 1. The second-order valence-corrected chi connectivity index (χ2v) is 6.13. The van der Waals surface area contributed by atoms with Crippen molar-refractivity contribution in [1.82, 2.24) is 10.2 Å². The lowest BCUT2D eigenvalue weighted by molar-refractivity contribution is -0.136. The number of carbonyl (C=O) groups is 2. The first-order chi connectivity index (χ1) is 10.9. The highest BCUT2D eigenvalue weighted by molar-refractivity contribution is 5.97. The van der Waals surface area contributed by atoms with E-state index < -0.39 is 0 Å². The van der Waals surface area contributed by atoms with Crippen LogP contribution >= 0.6 is 0 Å². The normalized spacial score (nSPS) is 21.9. The molecule has 0 bridgehead atoms. The molecule has 1 fully saturated rings. The highest BCUT2D eigenvalue weighted by Crippen LogP contribution is 2.25. The summed E-state index contributed by atoms with van der Waals surface area (Å²) >= 11 is 0. The van der Waals surface area contributed by atoms with E-state index in [4.69, 9.17) is 4.74 Å². The van der Waals surface area contributed by atoms with Crippen LogP contribution in [0.25, 0.3) is 0 Å². The summed E-state index contributed by atoms with van der Waals surface area (Å²) < 4.78 is 5.52. The maximum Gasteiger partial charge on any atom is 0.264 e. The second-order valence-electron chi connectivity index (χ2n) is 6.13. The van der Waals surface area contributed by atoms with Crippen molar-refractivity contribution in [3.8, 4) is 6.07 Å². The van der Waals surface area contributed by atoms with Crippen molar-refractivity contribution in [2.75, 3.05) is 20.7 Å². The Morgan fingerprint density at radius 1 is 1.48 bits per heavy atom. The van der Waals surface area contributed by atoms with Gasteiger partial charge in [0.15, 0.2) is 0 Å². The van der Waals surface area contributed by atoms with Gasteiger partial charge in [-0.1, -0.05) is 19.9 Å².